The second-order valence-electron chi connectivity index (χ2n) is 8.40. The lowest BCUT2D eigenvalue weighted by Gasteiger charge is -2.48. The van der Waals surface area contributed by atoms with Gasteiger partial charge < -0.3 is 14.9 Å². The van der Waals surface area contributed by atoms with Crippen molar-refractivity contribution >= 4 is 12.4 Å². The summed E-state index contributed by atoms with van der Waals surface area (Å²) < 4.78 is 6.40. The summed E-state index contributed by atoms with van der Waals surface area (Å²) in [5.41, 5.74) is 0.764. The highest BCUT2D eigenvalue weighted by Gasteiger charge is 2.53. The van der Waals surface area contributed by atoms with Gasteiger partial charge in [-0.1, -0.05) is 56.3 Å². The van der Waals surface area contributed by atoms with Crippen LogP contribution in [0, 0.1) is 5.41 Å². The van der Waals surface area contributed by atoms with Crippen LogP contribution < -0.4 is 4.74 Å². The van der Waals surface area contributed by atoms with Crippen molar-refractivity contribution in [2.45, 2.75) is 32.5 Å². The largest absolute Gasteiger partial charge is 0.507 e. The van der Waals surface area contributed by atoms with Crippen LogP contribution in [0.1, 0.15) is 43.5 Å². The summed E-state index contributed by atoms with van der Waals surface area (Å²) in [6, 6.07) is 21.7. The van der Waals surface area contributed by atoms with Crippen molar-refractivity contribution in [3.63, 3.8) is 0 Å². The lowest BCUT2D eigenvalue weighted by Crippen LogP contribution is -2.51. The summed E-state index contributed by atoms with van der Waals surface area (Å²) in [6.45, 7) is 6.07. The van der Waals surface area contributed by atoms with Crippen molar-refractivity contribution in [3.05, 3.63) is 89.5 Å². The minimum atomic E-state index is -0.940. The third kappa shape index (κ3) is 3.79. The van der Waals surface area contributed by atoms with Gasteiger partial charge in [-0.25, -0.2) is 4.99 Å². The van der Waals surface area contributed by atoms with Gasteiger partial charge in [-0.3, -0.25) is 4.99 Å². The molecule has 5 nitrogen and oxygen atoms in total. The minimum absolute atomic E-state index is 0.165. The van der Waals surface area contributed by atoms with Crippen molar-refractivity contribution in [2.24, 2.45) is 15.4 Å². The number of rotatable bonds is 4. The Hall–Kier alpha value is -3.60. The highest BCUT2D eigenvalue weighted by atomic mass is 16.5. The maximum atomic E-state index is 10.1. The molecule has 1 aliphatic heterocycles. The van der Waals surface area contributed by atoms with E-state index in [1.165, 1.54) is 0 Å². The zero-order chi connectivity index (χ0) is 22.1. The lowest BCUT2D eigenvalue weighted by atomic mass is 9.71. The SMILES string of the molecule is CC1(C)[C@@H](N=Cc2ccccc2O)c2ccccc2O[C@@]1(C)/N=C/c1ccccc1O. The number of nitrogens with zero attached hydrogens (tertiary/aromatic N) is 2. The van der Waals surface area contributed by atoms with Gasteiger partial charge in [0.25, 0.3) is 0 Å². The first kappa shape index (κ1) is 20.7. The van der Waals surface area contributed by atoms with Crippen molar-refractivity contribution in [1.29, 1.82) is 0 Å². The first-order chi connectivity index (χ1) is 14.8. The Morgan fingerprint density at radius 1 is 0.774 bits per heavy atom. The Morgan fingerprint density at radius 3 is 1.97 bits per heavy atom. The third-order valence-corrected chi connectivity index (χ3v) is 6.09. The number of ether oxygens (including phenoxy) is 1. The van der Waals surface area contributed by atoms with E-state index < -0.39 is 11.1 Å². The van der Waals surface area contributed by atoms with Crippen molar-refractivity contribution in [2.75, 3.05) is 0 Å². The van der Waals surface area contributed by atoms with Gasteiger partial charge in [-0.05, 0) is 37.3 Å². The fraction of sp³-hybridized carbons (Fsp3) is 0.231. The van der Waals surface area contributed by atoms with Crippen molar-refractivity contribution in [1.82, 2.24) is 0 Å². The quantitative estimate of drug-likeness (QED) is 0.553. The Labute approximate surface area is 182 Å². The molecule has 4 rings (SSSR count). The smallest absolute Gasteiger partial charge is 0.204 e. The molecular weight excluding hydrogens is 388 g/mol. The number of aromatic hydroxyl groups is 2. The van der Waals surface area contributed by atoms with Gasteiger partial charge >= 0.3 is 0 Å². The number of aliphatic imine (C=N–C) groups is 2. The molecule has 2 atom stereocenters. The molecule has 0 amide bonds. The van der Waals surface area contributed by atoms with Crippen LogP contribution in [0.15, 0.2) is 82.8 Å². The molecule has 5 heteroatoms. The van der Waals surface area contributed by atoms with E-state index in [1.807, 2.05) is 49.4 Å². The molecule has 158 valence electrons. The zero-order valence-electron chi connectivity index (χ0n) is 17.9. The van der Waals surface area contributed by atoms with E-state index in [1.54, 1.807) is 42.8 Å². The Balaban J connectivity index is 1.77. The first-order valence-corrected chi connectivity index (χ1v) is 10.2. The van der Waals surface area contributed by atoms with Crippen LogP contribution in [0.25, 0.3) is 0 Å². The Kier molecular flexibility index (Phi) is 5.27. The molecule has 0 radical (unpaired) electrons. The summed E-state index contributed by atoms with van der Waals surface area (Å²) in [6.07, 6.45) is 3.35. The predicted octanol–water partition coefficient (Wildman–Crippen LogP) is 5.51. The molecule has 0 spiro atoms. The maximum absolute atomic E-state index is 10.1. The van der Waals surface area contributed by atoms with E-state index in [0.29, 0.717) is 11.1 Å². The number of fused-ring (bicyclic) bond motifs is 1. The minimum Gasteiger partial charge on any atom is -0.507 e. The Bertz CT molecular complexity index is 1150. The van der Waals surface area contributed by atoms with Crippen LogP contribution in [0.2, 0.25) is 0 Å². The summed E-state index contributed by atoms with van der Waals surface area (Å²) in [7, 11) is 0. The molecule has 31 heavy (non-hydrogen) atoms. The average molecular weight is 415 g/mol. The molecule has 3 aromatic rings. The van der Waals surface area contributed by atoms with Gasteiger partial charge in [0, 0.05) is 29.1 Å². The molecule has 1 aliphatic rings. The van der Waals surface area contributed by atoms with E-state index in [-0.39, 0.29) is 17.5 Å². The van der Waals surface area contributed by atoms with Gasteiger partial charge in [0.15, 0.2) is 0 Å². The number of para-hydroxylation sites is 3. The molecule has 0 saturated heterocycles. The fourth-order valence-corrected chi connectivity index (χ4v) is 3.79. The molecule has 0 saturated carbocycles. The summed E-state index contributed by atoms with van der Waals surface area (Å²) in [5.74, 6) is 1.07. The molecular formula is C26H26N2O3. The topological polar surface area (TPSA) is 74.4 Å². The lowest BCUT2D eigenvalue weighted by molar-refractivity contribution is -0.0524. The van der Waals surface area contributed by atoms with Gasteiger partial charge in [-0.15, -0.1) is 0 Å². The maximum Gasteiger partial charge on any atom is 0.204 e. The highest BCUT2D eigenvalue weighted by molar-refractivity contribution is 5.84. The molecule has 1 heterocycles. The number of hydrogen-bond acceptors (Lipinski definition) is 5. The van der Waals surface area contributed by atoms with Crippen LogP contribution in [0.4, 0.5) is 0 Å². The summed E-state index contributed by atoms with van der Waals surface area (Å²) in [4.78, 5) is 9.68. The van der Waals surface area contributed by atoms with Crippen LogP contribution in [-0.2, 0) is 0 Å². The van der Waals surface area contributed by atoms with E-state index >= 15 is 0 Å². The highest BCUT2D eigenvalue weighted by Crippen LogP contribution is 2.54. The van der Waals surface area contributed by atoms with Crippen LogP contribution in [-0.4, -0.2) is 28.4 Å². The van der Waals surface area contributed by atoms with Gasteiger partial charge in [0.05, 0.1) is 11.5 Å². The number of phenols is 2. The van der Waals surface area contributed by atoms with Crippen LogP contribution in [0.3, 0.4) is 0 Å². The van der Waals surface area contributed by atoms with Crippen molar-refractivity contribution in [3.8, 4) is 17.2 Å². The molecule has 2 N–H and O–H groups in total. The normalized spacial score (nSPS) is 22.4. The average Bonchev–Trinajstić information content (AvgIpc) is 2.75. The van der Waals surface area contributed by atoms with E-state index in [4.69, 9.17) is 14.7 Å². The summed E-state index contributed by atoms with van der Waals surface area (Å²) >= 11 is 0. The molecule has 0 unspecified atom stereocenters. The second kappa shape index (κ2) is 7.91. The first-order valence-electron chi connectivity index (χ1n) is 10.2. The molecule has 0 bridgehead atoms. The van der Waals surface area contributed by atoms with E-state index in [0.717, 1.165) is 11.3 Å². The molecule has 0 aliphatic carbocycles. The number of phenolic OH excluding ortho intramolecular Hbond substituents is 2. The molecule has 0 aromatic heterocycles. The van der Waals surface area contributed by atoms with Crippen LogP contribution in [0.5, 0.6) is 17.2 Å². The molecule has 3 aromatic carbocycles. The number of benzene rings is 3. The van der Waals surface area contributed by atoms with E-state index in [9.17, 15) is 10.2 Å². The monoisotopic (exact) mass is 414 g/mol. The standard InChI is InChI=1S/C26H26N2O3/c1-25(2)24(27-16-18-10-4-7-13-21(18)29)20-12-6-9-15-23(20)31-26(25,3)28-17-19-11-5-8-14-22(19)30/h4-17,24,29-30H,1-3H3/b27-16?,28-17+/t24-,26+/m0/s1. The van der Waals surface area contributed by atoms with Crippen LogP contribution >= 0.6 is 0 Å². The molecule has 0 fully saturated rings. The zero-order valence-corrected chi connectivity index (χ0v) is 17.9. The third-order valence-electron chi connectivity index (χ3n) is 6.09. The Morgan fingerprint density at radius 2 is 1.32 bits per heavy atom. The predicted molar refractivity (Wildman–Crippen MR) is 123 cm³/mol. The van der Waals surface area contributed by atoms with Gasteiger partial charge in [-0.2, -0.15) is 0 Å². The van der Waals surface area contributed by atoms with Crippen molar-refractivity contribution < 1.29 is 14.9 Å². The van der Waals surface area contributed by atoms with Gasteiger partial charge in [0.2, 0.25) is 5.72 Å². The summed E-state index contributed by atoms with van der Waals surface area (Å²) in [5, 5.41) is 20.3. The fourth-order valence-electron chi connectivity index (χ4n) is 3.79. The second-order valence-corrected chi connectivity index (χ2v) is 8.40. The number of hydrogen-bond donors (Lipinski definition) is 2. The van der Waals surface area contributed by atoms with E-state index in [2.05, 4.69) is 13.8 Å². The van der Waals surface area contributed by atoms with Gasteiger partial charge in [0.1, 0.15) is 17.2 Å².